The third kappa shape index (κ3) is 5.30. The van der Waals surface area contributed by atoms with Crippen molar-refractivity contribution in [3.63, 3.8) is 0 Å². The highest BCUT2D eigenvalue weighted by molar-refractivity contribution is 7.07. The second-order valence-electron chi connectivity index (χ2n) is 9.37. The van der Waals surface area contributed by atoms with Crippen LogP contribution in [0.4, 0.5) is 5.69 Å². The lowest BCUT2D eigenvalue weighted by Gasteiger charge is -2.08. The monoisotopic (exact) mass is 487 g/mol. The zero-order chi connectivity index (χ0) is 25.1. The molecule has 182 valence electrons. The molecule has 0 aliphatic heterocycles. The zero-order valence-corrected chi connectivity index (χ0v) is 22.1. The predicted octanol–water partition coefficient (Wildman–Crippen LogP) is 6.22. The van der Waals surface area contributed by atoms with E-state index in [-0.39, 0.29) is 5.56 Å². The topological polar surface area (TPSA) is 56.6 Å². The molecule has 2 heterocycles. The van der Waals surface area contributed by atoms with Crippen molar-refractivity contribution in [1.82, 2.24) is 14.0 Å². The average molecular weight is 488 g/mol. The van der Waals surface area contributed by atoms with Crippen molar-refractivity contribution in [2.45, 2.75) is 47.5 Å². The SMILES string of the molecule is CC(CCC(C)C)=Nn1c(-c2ccc(C)cc2)csc1=Nc1c(C)n(C)n(-c2ccccc2)c1=O. The van der Waals surface area contributed by atoms with E-state index < -0.39 is 0 Å². The number of hydrogen-bond acceptors (Lipinski definition) is 4. The molecule has 7 heteroatoms. The minimum Gasteiger partial charge on any atom is -0.283 e. The van der Waals surface area contributed by atoms with Crippen molar-refractivity contribution in [2.75, 3.05) is 0 Å². The van der Waals surface area contributed by atoms with Crippen molar-refractivity contribution in [3.8, 4) is 16.9 Å². The molecule has 2 aromatic heterocycles. The Morgan fingerprint density at radius 1 is 1.03 bits per heavy atom. The van der Waals surface area contributed by atoms with Crippen LogP contribution in [-0.2, 0) is 7.05 Å². The lowest BCUT2D eigenvalue weighted by Crippen LogP contribution is -2.20. The van der Waals surface area contributed by atoms with Crippen LogP contribution >= 0.6 is 11.3 Å². The van der Waals surface area contributed by atoms with Crippen LogP contribution in [0.3, 0.4) is 0 Å². The van der Waals surface area contributed by atoms with Gasteiger partial charge in [0, 0.05) is 23.7 Å². The Morgan fingerprint density at radius 3 is 2.37 bits per heavy atom. The van der Waals surface area contributed by atoms with Crippen LogP contribution in [0.15, 0.2) is 74.9 Å². The number of thiazole rings is 1. The Labute approximate surface area is 210 Å². The van der Waals surface area contributed by atoms with Crippen molar-refractivity contribution >= 4 is 22.7 Å². The number of aryl methyl sites for hydroxylation is 1. The molecule has 0 aliphatic rings. The second-order valence-corrected chi connectivity index (χ2v) is 10.2. The molecule has 4 aromatic rings. The van der Waals surface area contributed by atoms with Crippen LogP contribution < -0.4 is 10.4 Å². The number of para-hydroxylation sites is 1. The van der Waals surface area contributed by atoms with E-state index in [9.17, 15) is 4.79 Å². The zero-order valence-electron chi connectivity index (χ0n) is 21.3. The van der Waals surface area contributed by atoms with Crippen LogP contribution in [0, 0.1) is 19.8 Å². The third-order valence-corrected chi connectivity index (χ3v) is 6.93. The lowest BCUT2D eigenvalue weighted by molar-refractivity contribution is 0.601. The molecule has 0 saturated carbocycles. The quantitative estimate of drug-likeness (QED) is 0.286. The van der Waals surface area contributed by atoms with E-state index in [1.807, 2.05) is 53.7 Å². The Bertz CT molecular complexity index is 1460. The maximum Gasteiger partial charge on any atom is 0.297 e. The molecule has 0 aliphatic carbocycles. The largest absolute Gasteiger partial charge is 0.297 e. The molecule has 4 rings (SSSR count). The summed E-state index contributed by atoms with van der Waals surface area (Å²) in [7, 11) is 1.89. The molecule has 2 aromatic carbocycles. The number of benzene rings is 2. The molecule has 6 nitrogen and oxygen atoms in total. The van der Waals surface area contributed by atoms with Crippen LogP contribution in [0.5, 0.6) is 0 Å². The smallest absolute Gasteiger partial charge is 0.283 e. The van der Waals surface area contributed by atoms with Gasteiger partial charge in [-0.1, -0.05) is 61.9 Å². The molecule has 0 bridgehead atoms. The first-order valence-corrected chi connectivity index (χ1v) is 12.8. The van der Waals surface area contributed by atoms with E-state index in [2.05, 4.69) is 57.3 Å². The Hall–Kier alpha value is -3.45. The molecular weight excluding hydrogens is 454 g/mol. The van der Waals surface area contributed by atoms with Crippen LogP contribution in [0.1, 0.15) is 44.9 Å². The second kappa shape index (κ2) is 10.4. The first kappa shape index (κ1) is 24.7. The minimum absolute atomic E-state index is 0.145. The molecule has 0 radical (unpaired) electrons. The van der Waals surface area contributed by atoms with Crippen molar-refractivity contribution in [2.24, 2.45) is 23.1 Å². The molecule has 0 saturated heterocycles. The summed E-state index contributed by atoms with van der Waals surface area (Å²) in [6, 6.07) is 18.1. The van der Waals surface area contributed by atoms with Gasteiger partial charge in [0.2, 0.25) is 4.80 Å². The predicted molar refractivity (Wildman–Crippen MR) is 146 cm³/mol. The third-order valence-electron chi connectivity index (χ3n) is 6.12. The van der Waals surface area contributed by atoms with Crippen LogP contribution in [-0.4, -0.2) is 19.8 Å². The number of nitrogens with zero attached hydrogens (tertiary/aromatic N) is 5. The van der Waals surface area contributed by atoms with E-state index in [4.69, 9.17) is 10.1 Å². The molecule has 0 atom stereocenters. The standard InChI is InChI=1S/C28H33N5OS/c1-19(2)12-15-21(4)30-32-25(23-16-13-20(3)14-17-23)18-35-28(32)29-26-22(5)31(6)33(27(26)34)24-10-8-7-9-11-24/h7-11,13-14,16-19H,12,15H2,1-6H3. The fourth-order valence-corrected chi connectivity index (χ4v) is 4.73. The summed E-state index contributed by atoms with van der Waals surface area (Å²) in [5.41, 5.74) is 6.18. The minimum atomic E-state index is -0.145. The first-order valence-electron chi connectivity index (χ1n) is 12.0. The number of hydrogen-bond donors (Lipinski definition) is 0. The summed E-state index contributed by atoms with van der Waals surface area (Å²) in [4.78, 5) is 19.0. The summed E-state index contributed by atoms with van der Waals surface area (Å²) in [5, 5.41) is 7.03. The summed E-state index contributed by atoms with van der Waals surface area (Å²) < 4.78 is 5.40. The van der Waals surface area contributed by atoms with Crippen LogP contribution in [0.25, 0.3) is 16.9 Å². The average Bonchev–Trinajstić information content (AvgIpc) is 3.32. The molecule has 0 unspecified atom stereocenters. The van der Waals surface area contributed by atoms with Gasteiger partial charge < -0.3 is 0 Å². The Balaban J connectivity index is 1.89. The van der Waals surface area contributed by atoms with Crippen molar-refractivity contribution in [1.29, 1.82) is 0 Å². The highest BCUT2D eigenvalue weighted by atomic mass is 32.1. The lowest BCUT2D eigenvalue weighted by atomic mass is 10.1. The summed E-state index contributed by atoms with van der Waals surface area (Å²) >= 11 is 1.50. The molecule has 0 amide bonds. The van der Waals surface area contributed by atoms with E-state index in [0.29, 0.717) is 16.4 Å². The van der Waals surface area contributed by atoms with Gasteiger partial charge in [-0.2, -0.15) is 5.10 Å². The molecule has 0 fully saturated rings. The van der Waals surface area contributed by atoms with E-state index in [0.717, 1.165) is 41.2 Å². The van der Waals surface area contributed by atoms with Gasteiger partial charge in [-0.25, -0.2) is 14.4 Å². The summed E-state index contributed by atoms with van der Waals surface area (Å²) in [6.07, 6.45) is 1.99. The van der Waals surface area contributed by atoms with Gasteiger partial charge in [0.1, 0.15) is 0 Å². The van der Waals surface area contributed by atoms with Gasteiger partial charge in [0.25, 0.3) is 5.56 Å². The van der Waals surface area contributed by atoms with E-state index in [1.165, 1.54) is 16.9 Å². The van der Waals surface area contributed by atoms with Gasteiger partial charge in [0.15, 0.2) is 5.69 Å². The molecule has 35 heavy (non-hydrogen) atoms. The first-order chi connectivity index (χ1) is 16.8. The summed E-state index contributed by atoms with van der Waals surface area (Å²) in [5.74, 6) is 0.608. The Morgan fingerprint density at radius 2 is 1.71 bits per heavy atom. The van der Waals surface area contributed by atoms with Gasteiger partial charge >= 0.3 is 0 Å². The van der Waals surface area contributed by atoms with Crippen molar-refractivity contribution < 1.29 is 0 Å². The van der Waals surface area contributed by atoms with Gasteiger partial charge in [0.05, 0.1) is 17.1 Å². The molecule has 0 spiro atoms. The van der Waals surface area contributed by atoms with Gasteiger partial charge in [-0.05, 0) is 51.7 Å². The number of rotatable bonds is 7. The highest BCUT2D eigenvalue weighted by Crippen LogP contribution is 2.22. The molecular formula is C28H33N5OS. The van der Waals surface area contributed by atoms with Gasteiger partial charge in [-0.15, -0.1) is 11.3 Å². The maximum absolute atomic E-state index is 13.4. The highest BCUT2D eigenvalue weighted by Gasteiger charge is 2.17. The Kier molecular flexibility index (Phi) is 7.36. The summed E-state index contributed by atoms with van der Waals surface area (Å²) in [6.45, 7) is 10.5. The maximum atomic E-state index is 13.4. The van der Waals surface area contributed by atoms with E-state index >= 15 is 0 Å². The van der Waals surface area contributed by atoms with Crippen molar-refractivity contribution in [3.05, 3.63) is 86.4 Å². The molecule has 0 N–H and O–H groups in total. The van der Waals surface area contributed by atoms with E-state index in [1.54, 1.807) is 4.68 Å². The number of aromatic nitrogens is 3. The van der Waals surface area contributed by atoms with Gasteiger partial charge in [-0.3, -0.25) is 9.48 Å². The van der Waals surface area contributed by atoms with Crippen LogP contribution in [0.2, 0.25) is 0 Å². The fourth-order valence-electron chi connectivity index (χ4n) is 3.89. The fraction of sp³-hybridized carbons (Fsp3) is 0.321. The normalized spacial score (nSPS) is 12.7.